The Bertz CT molecular complexity index is 1270. The quantitative estimate of drug-likeness (QED) is 0.358. The van der Waals surface area contributed by atoms with Crippen molar-refractivity contribution >= 4 is 44.9 Å². The zero-order valence-corrected chi connectivity index (χ0v) is 18.2. The van der Waals surface area contributed by atoms with Gasteiger partial charge in [0.05, 0.1) is 22.0 Å². The number of rotatable bonds is 4. The molecule has 0 aliphatic heterocycles. The maximum atomic E-state index is 12.1. The van der Waals surface area contributed by atoms with E-state index in [1.807, 2.05) is 6.07 Å². The summed E-state index contributed by atoms with van der Waals surface area (Å²) in [4.78, 5) is 26.1. The third-order valence-electron chi connectivity index (χ3n) is 4.01. The Hall–Kier alpha value is -3.57. The number of aromatic nitrogens is 1. The van der Waals surface area contributed by atoms with Gasteiger partial charge in [-0.2, -0.15) is 13.2 Å². The van der Waals surface area contributed by atoms with Crippen LogP contribution in [-0.4, -0.2) is 35.2 Å². The second kappa shape index (κ2) is 9.92. The lowest BCUT2D eigenvalue weighted by Crippen LogP contribution is -2.21. The molecule has 0 aliphatic rings. The topological polar surface area (TPSA) is 102 Å². The predicted octanol–water partition coefficient (Wildman–Crippen LogP) is 5.99. The van der Waals surface area contributed by atoms with E-state index in [1.54, 1.807) is 55.9 Å². The first-order chi connectivity index (χ1) is 15.6. The van der Waals surface area contributed by atoms with E-state index in [1.165, 1.54) is 11.3 Å². The van der Waals surface area contributed by atoms with Crippen LogP contribution in [0, 0.1) is 0 Å². The fourth-order valence-electron chi connectivity index (χ4n) is 2.54. The van der Waals surface area contributed by atoms with Crippen LogP contribution in [0.15, 0.2) is 59.3 Å². The van der Waals surface area contributed by atoms with E-state index >= 15 is 0 Å². The highest BCUT2D eigenvalue weighted by Gasteiger charge is 2.38. The first-order valence-electron chi connectivity index (χ1n) is 9.02. The number of fused-ring (bicyclic) bond motifs is 1. The fraction of sp³-hybridized carbons (Fsp3) is 0.0952. The molecule has 0 spiro atoms. The number of furan rings is 1. The van der Waals surface area contributed by atoms with Gasteiger partial charge in [-0.05, 0) is 42.5 Å². The number of ether oxygens (including phenoxy) is 1. The number of carbonyl (C=O) groups is 2. The van der Waals surface area contributed by atoms with Crippen molar-refractivity contribution in [1.29, 1.82) is 0 Å². The van der Waals surface area contributed by atoms with Crippen LogP contribution in [0.25, 0.3) is 21.5 Å². The Labute approximate surface area is 193 Å². The molecule has 0 saturated carbocycles. The molecule has 1 amide bonds. The average Bonchev–Trinajstić information content (AvgIpc) is 3.45. The smallest absolute Gasteiger partial charge is 0.475 e. The standard InChI is InChI=1S/C19H13ClN2O3S.C2HF3O2/c1-21-19(23)16-9-13-15(25-12-6-4-11(20)5-7-12)10-22-17(18(13)26-16)14-3-2-8-24-14;3-2(4,5)1(6)7/h2-10H,1H3,(H,21,23);(H,6,7). The Morgan fingerprint density at radius 2 is 1.88 bits per heavy atom. The molecule has 3 aromatic heterocycles. The Balaban J connectivity index is 0.000000383. The first-order valence-corrected chi connectivity index (χ1v) is 10.2. The summed E-state index contributed by atoms with van der Waals surface area (Å²) in [6, 6.07) is 12.5. The van der Waals surface area contributed by atoms with E-state index in [2.05, 4.69) is 10.3 Å². The summed E-state index contributed by atoms with van der Waals surface area (Å²) in [5, 5.41) is 11.2. The number of pyridine rings is 1. The summed E-state index contributed by atoms with van der Waals surface area (Å²) in [5.41, 5.74) is 0.675. The number of hydrogen-bond acceptors (Lipinski definition) is 6. The van der Waals surface area contributed by atoms with Crippen LogP contribution in [-0.2, 0) is 4.79 Å². The molecular formula is C21H14ClF3N2O5S. The number of nitrogens with zero attached hydrogens (tertiary/aromatic N) is 1. The Morgan fingerprint density at radius 3 is 2.42 bits per heavy atom. The lowest BCUT2D eigenvalue weighted by molar-refractivity contribution is -0.192. The molecule has 0 bridgehead atoms. The normalized spacial score (nSPS) is 10.9. The molecular weight excluding hydrogens is 485 g/mol. The number of halogens is 4. The minimum atomic E-state index is -5.08. The third-order valence-corrected chi connectivity index (χ3v) is 5.41. The van der Waals surface area contributed by atoms with Crippen molar-refractivity contribution < 1.29 is 37.0 Å². The van der Waals surface area contributed by atoms with Crippen molar-refractivity contribution in [3.63, 3.8) is 0 Å². The molecule has 172 valence electrons. The first kappa shape index (κ1) is 24.1. The van der Waals surface area contributed by atoms with Gasteiger partial charge in [0, 0.05) is 17.5 Å². The van der Waals surface area contributed by atoms with E-state index in [9.17, 15) is 18.0 Å². The van der Waals surface area contributed by atoms with Crippen molar-refractivity contribution in [3.05, 3.63) is 64.8 Å². The van der Waals surface area contributed by atoms with Crippen LogP contribution in [0.3, 0.4) is 0 Å². The minimum absolute atomic E-state index is 0.158. The molecule has 3 heterocycles. The Kier molecular flexibility index (Phi) is 7.24. The van der Waals surface area contributed by atoms with Crippen molar-refractivity contribution in [2.24, 2.45) is 0 Å². The van der Waals surface area contributed by atoms with Crippen LogP contribution in [0.5, 0.6) is 11.5 Å². The number of benzene rings is 1. The molecule has 0 saturated heterocycles. The van der Waals surface area contributed by atoms with E-state index < -0.39 is 12.1 Å². The van der Waals surface area contributed by atoms with Crippen molar-refractivity contribution in [1.82, 2.24) is 10.3 Å². The second-order valence-electron chi connectivity index (χ2n) is 6.24. The fourth-order valence-corrected chi connectivity index (χ4v) is 3.77. The van der Waals surface area contributed by atoms with Gasteiger partial charge in [-0.25, -0.2) is 9.78 Å². The minimum Gasteiger partial charge on any atom is -0.475 e. The summed E-state index contributed by atoms with van der Waals surface area (Å²) in [6.45, 7) is 0. The van der Waals surface area contributed by atoms with Crippen LogP contribution >= 0.6 is 22.9 Å². The number of nitrogens with one attached hydrogen (secondary N) is 1. The number of alkyl halides is 3. The molecule has 4 aromatic rings. The SMILES string of the molecule is CNC(=O)c1cc2c(Oc3ccc(Cl)cc3)cnc(-c3ccco3)c2s1.O=C(O)C(F)(F)F. The van der Waals surface area contributed by atoms with E-state index in [0.717, 1.165) is 10.1 Å². The van der Waals surface area contributed by atoms with Crippen molar-refractivity contribution in [2.45, 2.75) is 6.18 Å². The maximum Gasteiger partial charge on any atom is 0.490 e. The van der Waals surface area contributed by atoms with E-state index in [4.69, 9.17) is 30.7 Å². The number of carbonyl (C=O) groups excluding carboxylic acids is 1. The van der Waals surface area contributed by atoms with Gasteiger partial charge in [-0.3, -0.25) is 4.79 Å². The summed E-state index contributed by atoms with van der Waals surface area (Å²) in [5.74, 6) is -1.08. The molecule has 33 heavy (non-hydrogen) atoms. The lowest BCUT2D eigenvalue weighted by atomic mass is 10.2. The number of carboxylic acid groups (broad SMARTS) is 1. The van der Waals surface area contributed by atoms with E-state index in [0.29, 0.717) is 32.9 Å². The summed E-state index contributed by atoms with van der Waals surface area (Å²) in [6.07, 6.45) is -1.86. The van der Waals surface area contributed by atoms with Gasteiger partial charge >= 0.3 is 12.1 Å². The molecule has 12 heteroatoms. The van der Waals surface area contributed by atoms with E-state index in [-0.39, 0.29) is 5.91 Å². The van der Waals surface area contributed by atoms with Crippen molar-refractivity contribution in [2.75, 3.05) is 7.05 Å². The molecule has 0 fully saturated rings. The monoisotopic (exact) mass is 498 g/mol. The van der Waals surface area contributed by atoms with Gasteiger partial charge in [-0.15, -0.1) is 11.3 Å². The summed E-state index contributed by atoms with van der Waals surface area (Å²) < 4.78 is 44.0. The molecule has 0 radical (unpaired) electrons. The molecule has 0 unspecified atom stereocenters. The zero-order valence-electron chi connectivity index (χ0n) is 16.6. The molecule has 4 rings (SSSR count). The lowest BCUT2D eigenvalue weighted by Gasteiger charge is -2.08. The van der Waals surface area contributed by atoms with Crippen LogP contribution in [0.1, 0.15) is 9.67 Å². The highest BCUT2D eigenvalue weighted by atomic mass is 35.5. The summed E-state index contributed by atoms with van der Waals surface area (Å²) in [7, 11) is 1.60. The maximum absolute atomic E-state index is 12.1. The van der Waals surface area contributed by atoms with Gasteiger partial charge in [-0.1, -0.05) is 11.6 Å². The third kappa shape index (κ3) is 5.82. The second-order valence-corrected chi connectivity index (χ2v) is 7.73. The van der Waals surface area contributed by atoms with Gasteiger partial charge in [0.25, 0.3) is 5.91 Å². The van der Waals surface area contributed by atoms with Gasteiger partial charge < -0.3 is 19.6 Å². The highest BCUT2D eigenvalue weighted by molar-refractivity contribution is 7.21. The number of carboxylic acids is 1. The zero-order chi connectivity index (χ0) is 24.2. The van der Waals surface area contributed by atoms with Crippen LogP contribution in [0.2, 0.25) is 5.02 Å². The number of aliphatic carboxylic acids is 1. The molecule has 2 N–H and O–H groups in total. The predicted molar refractivity (Wildman–Crippen MR) is 116 cm³/mol. The highest BCUT2D eigenvalue weighted by Crippen LogP contribution is 2.40. The molecule has 7 nitrogen and oxygen atoms in total. The molecule has 1 aromatic carbocycles. The molecule has 0 aliphatic carbocycles. The number of thiophene rings is 1. The average molecular weight is 499 g/mol. The number of hydrogen-bond donors (Lipinski definition) is 2. The van der Waals surface area contributed by atoms with Gasteiger partial charge in [0.15, 0.2) is 11.5 Å². The van der Waals surface area contributed by atoms with Gasteiger partial charge in [0.2, 0.25) is 0 Å². The van der Waals surface area contributed by atoms with Crippen LogP contribution < -0.4 is 10.1 Å². The Morgan fingerprint density at radius 1 is 1.21 bits per heavy atom. The molecule has 0 atom stereocenters. The summed E-state index contributed by atoms with van der Waals surface area (Å²) >= 11 is 7.27. The van der Waals surface area contributed by atoms with Crippen LogP contribution in [0.4, 0.5) is 13.2 Å². The number of amides is 1. The van der Waals surface area contributed by atoms with Crippen molar-refractivity contribution in [3.8, 4) is 23.0 Å². The largest absolute Gasteiger partial charge is 0.490 e. The van der Waals surface area contributed by atoms with Gasteiger partial charge in [0.1, 0.15) is 11.4 Å².